The Balaban J connectivity index is 2.61. The molecule has 1 aromatic rings. The van der Waals surface area contributed by atoms with Gasteiger partial charge in [-0.3, -0.25) is 4.79 Å². The fourth-order valence-electron chi connectivity index (χ4n) is 1.20. The van der Waals surface area contributed by atoms with Crippen molar-refractivity contribution in [3.05, 3.63) is 23.9 Å². The fraction of sp³-hybridized carbons (Fsp3) is 0.417. The van der Waals surface area contributed by atoms with Crippen LogP contribution < -0.4 is 5.32 Å². The van der Waals surface area contributed by atoms with Crippen LogP contribution in [0.5, 0.6) is 0 Å². The molecule has 0 spiro atoms. The smallest absolute Gasteiger partial charge is 0.226 e. The number of aromatic nitrogens is 1. The molecular formula is C12H15N3O. The summed E-state index contributed by atoms with van der Waals surface area (Å²) in [6.45, 7) is 6.00. The highest BCUT2D eigenvalue weighted by atomic mass is 16.1. The van der Waals surface area contributed by atoms with Gasteiger partial charge in [0.15, 0.2) is 0 Å². The summed E-state index contributed by atoms with van der Waals surface area (Å²) in [6.07, 6.45) is 1.88. The van der Waals surface area contributed by atoms with Crippen molar-refractivity contribution in [1.29, 1.82) is 5.26 Å². The van der Waals surface area contributed by atoms with Gasteiger partial charge in [0.05, 0.1) is 5.56 Å². The van der Waals surface area contributed by atoms with Gasteiger partial charge < -0.3 is 5.32 Å². The van der Waals surface area contributed by atoms with Crippen molar-refractivity contribution >= 4 is 11.7 Å². The molecular weight excluding hydrogens is 202 g/mol. The van der Waals surface area contributed by atoms with E-state index in [9.17, 15) is 4.79 Å². The van der Waals surface area contributed by atoms with Gasteiger partial charge in [-0.25, -0.2) is 4.98 Å². The maximum atomic E-state index is 11.6. The number of hydrogen-bond acceptors (Lipinski definition) is 3. The first-order valence-electron chi connectivity index (χ1n) is 5.07. The zero-order valence-electron chi connectivity index (χ0n) is 9.74. The van der Waals surface area contributed by atoms with Gasteiger partial charge in [-0.05, 0) is 17.5 Å². The molecule has 1 N–H and O–H groups in total. The van der Waals surface area contributed by atoms with Crippen LogP contribution in [0.3, 0.4) is 0 Å². The summed E-state index contributed by atoms with van der Waals surface area (Å²) in [7, 11) is 0. The molecule has 1 aromatic heterocycles. The lowest BCUT2D eigenvalue weighted by Crippen LogP contribution is -2.20. The number of pyridine rings is 1. The van der Waals surface area contributed by atoms with Crippen molar-refractivity contribution in [1.82, 2.24) is 4.98 Å². The van der Waals surface area contributed by atoms with E-state index in [-0.39, 0.29) is 11.3 Å². The molecule has 0 bridgehead atoms. The van der Waals surface area contributed by atoms with Crippen molar-refractivity contribution in [3.8, 4) is 6.07 Å². The summed E-state index contributed by atoms with van der Waals surface area (Å²) in [4.78, 5) is 15.5. The average molecular weight is 217 g/mol. The van der Waals surface area contributed by atoms with Crippen LogP contribution in [0.25, 0.3) is 0 Å². The Morgan fingerprint density at radius 1 is 1.50 bits per heavy atom. The van der Waals surface area contributed by atoms with Crippen LogP contribution in [-0.2, 0) is 4.79 Å². The molecule has 0 aliphatic rings. The SMILES string of the molecule is CC(C)(C)CC(=O)Nc1ccc(C#N)cn1. The van der Waals surface area contributed by atoms with Gasteiger partial charge in [0.2, 0.25) is 5.91 Å². The van der Waals surface area contributed by atoms with E-state index in [2.05, 4.69) is 10.3 Å². The molecule has 84 valence electrons. The molecule has 0 unspecified atom stereocenters. The number of rotatable bonds is 2. The maximum Gasteiger partial charge on any atom is 0.226 e. The number of nitriles is 1. The first kappa shape index (κ1) is 12.2. The zero-order valence-corrected chi connectivity index (χ0v) is 9.74. The molecule has 1 amide bonds. The second-order valence-corrected chi connectivity index (χ2v) is 4.83. The van der Waals surface area contributed by atoms with Crippen molar-refractivity contribution in [2.75, 3.05) is 5.32 Å². The number of hydrogen-bond donors (Lipinski definition) is 1. The van der Waals surface area contributed by atoms with Crippen LogP contribution in [0.15, 0.2) is 18.3 Å². The van der Waals surface area contributed by atoms with Crippen LogP contribution >= 0.6 is 0 Å². The molecule has 1 rings (SSSR count). The minimum Gasteiger partial charge on any atom is -0.311 e. The van der Waals surface area contributed by atoms with Gasteiger partial charge in [-0.15, -0.1) is 0 Å². The Morgan fingerprint density at radius 2 is 2.19 bits per heavy atom. The molecule has 0 aliphatic carbocycles. The second-order valence-electron chi connectivity index (χ2n) is 4.83. The zero-order chi connectivity index (χ0) is 12.2. The quantitative estimate of drug-likeness (QED) is 0.826. The molecule has 0 saturated heterocycles. The molecule has 0 aliphatic heterocycles. The average Bonchev–Trinajstić information content (AvgIpc) is 2.16. The third-order valence-corrected chi connectivity index (χ3v) is 1.85. The topological polar surface area (TPSA) is 65.8 Å². The van der Waals surface area contributed by atoms with Crippen LogP contribution in [0.4, 0.5) is 5.82 Å². The second kappa shape index (κ2) is 4.75. The first-order chi connectivity index (χ1) is 7.40. The highest BCUT2D eigenvalue weighted by Crippen LogP contribution is 2.19. The fourth-order valence-corrected chi connectivity index (χ4v) is 1.20. The van der Waals surface area contributed by atoms with Crippen LogP contribution in [0, 0.1) is 16.7 Å². The van der Waals surface area contributed by atoms with E-state index in [1.165, 1.54) is 6.20 Å². The maximum absolute atomic E-state index is 11.6. The number of anilines is 1. The Labute approximate surface area is 95.3 Å². The van der Waals surface area contributed by atoms with Crippen molar-refractivity contribution in [2.24, 2.45) is 5.41 Å². The third-order valence-electron chi connectivity index (χ3n) is 1.85. The van der Waals surface area contributed by atoms with Crippen molar-refractivity contribution in [3.63, 3.8) is 0 Å². The molecule has 0 radical (unpaired) electrons. The molecule has 16 heavy (non-hydrogen) atoms. The van der Waals surface area contributed by atoms with Gasteiger partial charge in [-0.1, -0.05) is 20.8 Å². The largest absolute Gasteiger partial charge is 0.311 e. The number of nitrogens with zero attached hydrogens (tertiary/aromatic N) is 2. The third kappa shape index (κ3) is 4.09. The highest BCUT2D eigenvalue weighted by molar-refractivity contribution is 5.90. The van der Waals surface area contributed by atoms with Crippen LogP contribution in [0.2, 0.25) is 0 Å². The van der Waals surface area contributed by atoms with E-state index in [4.69, 9.17) is 5.26 Å². The molecule has 0 fully saturated rings. The van der Waals surface area contributed by atoms with E-state index in [1.54, 1.807) is 12.1 Å². The van der Waals surface area contributed by atoms with Gasteiger partial charge in [0, 0.05) is 12.6 Å². The van der Waals surface area contributed by atoms with Crippen LogP contribution in [0.1, 0.15) is 32.8 Å². The number of carbonyl (C=O) groups is 1. The monoisotopic (exact) mass is 217 g/mol. The van der Waals surface area contributed by atoms with Crippen molar-refractivity contribution < 1.29 is 4.79 Å². The predicted octanol–water partition coefficient (Wildman–Crippen LogP) is 2.33. The number of amides is 1. The molecule has 4 nitrogen and oxygen atoms in total. The van der Waals surface area contributed by atoms with Gasteiger partial charge in [0.1, 0.15) is 11.9 Å². The Morgan fingerprint density at radius 3 is 2.62 bits per heavy atom. The summed E-state index contributed by atoms with van der Waals surface area (Å²) in [5, 5.41) is 11.3. The van der Waals surface area contributed by atoms with Crippen molar-refractivity contribution in [2.45, 2.75) is 27.2 Å². The van der Waals surface area contributed by atoms with E-state index in [0.717, 1.165) is 0 Å². The summed E-state index contributed by atoms with van der Waals surface area (Å²) < 4.78 is 0. The normalized spacial score (nSPS) is 10.6. The molecule has 0 saturated carbocycles. The van der Waals surface area contributed by atoms with E-state index in [0.29, 0.717) is 17.8 Å². The Bertz CT molecular complexity index is 409. The van der Waals surface area contributed by atoms with E-state index in [1.807, 2.05) is 26.8 Å². The summed E-state index contributed by atoms with van der Waals surface area (Å²) in [6, 6.07) is 5.22. The molecule has 4 heteroatoms. The van der Waals surface area contributed by atoms with E-state index >= 15 is 0 Å². The lowest BCUT2D eigenvalue weighted by atomic mass is 9.92. The van der Waals surface area contributed by atoms with E-state index < -0.39 is 0 Å². The molecule has 0 aromatic carbocycles. The predicted molar refractivity (Wildman–Crippen MR) is 61.7 cm³/mol. The molecule has 0 atom stereocenters. The Hall–Kier alpha value is -1.89. The van der Waals surface area contributed by atoms with Crippen LogP contribution in [-0.4, -0.2) is 10.9 Å². The summed E-state index contributed by atoms with van der Waals surface area (Å²) in [5.41, 5.74) is 0.435. The lowest BCUT2D eigenvalue weighted by Gasteiger charge is -2.16. The first-order valence-corrected chi connectivity index (χ1v) is 5.07. The minimum absolute atomic E-state index is 0.0450. The lowest BCUT2D eigenvalue weighted by molar-refractivity contribution is -0.117. The number of nitrogens with one attached hydrogen (secondary N) is 1. The van der Waals surface area contributed by atoms with Gasteiger partial charge in [0.25, 0.3) is 0 Å². The summed E-state index contributed by atoms with van der Waals surface area (Å²) in [5.74, 6) is 0.415. The van der Waals surface area contributed by atoms with Gasteiger partial charge >= 0.3 is 0 Å². The molecule has 1 heterocycles. The number of carbonyl (C=O) groups excluding carboxylic acids is 1. The summed E-state index contributed by atoms with van der Waals surface area (Å²) >= 11 is 0. The standard InChI is InChI=1S/C12H15N3O/c1-12(2,3)6-11(16)15-10-5-4-9(7-13)8-14-10/h4-5,8H,6H2,1-3H3,(H,14,15,16). The van der Waals surface area contributed by atoms with Gasteiger partial charge in [-0.2, -0.15) is 5.26 Å². The highest BCUT2D eigenvalue weighted by Gasteiger charge is 2.16. The Kier molecular flexibility index (Phi) is 3.62. The minimum atomic E-state index is -0.0651.